The molecule has 0 saturated heterocycles. The second kappa shape index (κ2) is 7.06. The number of benzene rings is 2. The number of fused-ring (bicyclic) bond motifs is 1. The summed E-state index contributed by atoms with van der Waals surface area (Å²) >= 11 is 0. The average Bonchev–Trinajstić information content (AvgIpc) is 2.65. The zero-order valence-electron chi connectivity index (χ0n) is 16.7. The Hall–Kier alpha value is -2.66. The van der Waals surface area contributed by atoms with E-state index in [4.69, 9.17) is 5.11 Å². The fourth-order valence-corrected chi connectivity index (χ4v) is 3.83. The number of hydrogen-bond acceptors (Lipinski definition) is 3. The van der Waals surface area contributed by atoms with Crippen molar-refractivity contribution in [3.05, 3.63) is 64.7 Å². The fourth-order valence-electron chi connectivity index (χ4n) is 3.83. The van der Waals surface area contributed by atoms with Crippen molar-refractivity contribution in [1.29, 1.82) is 0 Å². The van der Waals surface area contributed by atoms with E-state index >= 15 is 0 Å². The van der Waals surface area contributed by atoms with E-state index in [9.17, 15) is 14.7 Å². The summed E-state index contributed by atoms with van der Waals surface area (Å²) in [6.07, 6.45) is 0.849. The molecule has 3 rings (SSSR count). The standard InChI is InChI=1S/C23H27NO4/c1-22(2)11-12-23(3,4)18-13-15(7-10-17(18)22)19(25)20(26)24-16-8-5-14(6-9-16)21(27)28/h5-10,13,19,25H,11-12H2,1-4H3,(H,24,26)(H,27,28). The van der Waals surface area contributed by atoms with Crippen LogP contribution in [0.2, 0.25) is 0 Å². The molecule has 0 saturated carbocycles. The van der Waals surface area contributed by atoms with Crippen LogP contribution in [0.3, 0.4) is 0 Å². The number of amides is 1. The van der Waals surface area contributed by atoms with Crippen LogP contribution in [0, 0.1) is 0 Å². The maximum atomic E-state index is 12.5. The number of aliphatic hydroxyl groups is 1. The summed E-state index contributed by atoms with van der Waals surface area (Å²) < 4.78 is 0. The number of aliphatic hydroxyl groups excluding tert-OH is 1. The van der Waals surface area contributed by atoms with Gasteiger partial charge in [-0.1, -0.05) is 45.9 Å². The van der Waals surface area contributed by atoms with Gasteiger partial charge in [-0.2, -0.15) is 0 Å². The molecule has 28 heavy (non-hydrogen) atoms. The second-order valence-electron chi connectivity index (χ2n) is 8.85. The monoisotopic (exact) mass is 381 g/mol. The summed E-state index contributed by atoms with van der Waals surface area (Å²) in [6.45, 7) is 8.85. The highest BCUT2D eigenvalue weighted by molar-refractivity contribution is 5.95. The van der Waals surface area contributed by atoms with Crippen molar-refractivity contribution in [2.24, 2.45) is 0 Å². The molecular weight excluding hydrogens is 354 g/mol. The predicted molar refractivity (Wildman–Crippen MR) is 109 cm³/mol. The lowest BCUT2D eigenvalue weighted by molar-refractivity contribution is -0.124. The minimum atomic E-state index is -1.30. The van der Waals surface area contributed by atoms with Gasteiger partial charge in [0.15, 0.2) is 6.10 Å². The molecule has 2 aromatic carbocycles. The topological polar surface area (TPSA) is 86.6 Å². The zero-order chi connectivity index (χ0) is 20.7. The van der Waals surface area contributed by atoms with Crippen LogP contribution in [0.15, 0.2) is 42.5 Å². The van der Waals surface area contributed by atoms with Crippen molar-refractivity contribution in [3.63, 3.8) is 0 Å². The minimum Gasteiger partial charge on any atom is -0.478 e. The van der Waals surface area contributed by atoms with E-state index in [0.29, 0.717) is 11.3 Å². The van der Waals surface area contributed by atoms with Crippen LogP contribution in [-0.4, -0.2) is 22.1 Å². The highest BCUT2D eigenvalue weighted by Crippen LogP contribution is 2.46. The van der Waals surface area contributed by atoms with Gasteiger partial charge in [-0.05, 0) is 64.6 Å². The Morgan fingerprint density at radius 1 is 0.929 bits per heavy atom. The molecule has 1 aliphatic rings. The van der Waals surface area contributed by atoms with Crippen LogP contribution in [0.1, 0.15) is 73.7 Å². The van der Waals surface area contributed by atoms with Gasteiger partial charge in [0.2, 0.25) is 0 Å². The van der Waals surface area contributed by atoms with E-state index in [0.717, 1.165) is 12.8 Å². The molecule has 148 valence electrons. The molecule has 0 spiro atoms. The van der Waals surface area contributed by atoms with Crippen LogP contribution >= 0.6 is 0 Å². The van der Waals surface area contributed by atoms with E-state index in [1.807, 2.05) is 18.2 Å². The third-order valence-corrected chi connectivity index (χ3v) is 5.84. The number of carbonyl (C=O) groups is 2. The summed E-state index contributed by atoms with van der Waals surface area (Å²) in [5.41, 5.74) is 3.64. The molecule has 1 aliphatic carbocycles. The molecule has 3 N–H and O–H groups in total. The molecule has 0 aliphatic heterocycles. The van der Waals surface area contributed by atoms with Gasteiger partial charge in [0.05, 0.1) is 5.56 Å². The van der Waals surface area contributed by atoms with Gasteiger partial charge in [0.1, 0.15) is 0 Å². The Morgan fingerprint density at radius 3 is 2.07 bits per heavy atom. The van der Waals surface area contributed by atoms with Crippen molar-refractivity contribution < 1.29 is 19.8 Å². The van der Waals surface area contributed by atoms with E-state index in [2.05, 4.69) is 33.0 Å². The normalized spacial score (nSPS) is 18.0. The molecule has 0 aromatic heterocycles. The van der Waals surface area contributed by atoms with Crippen LogP contribution in [0.4, 0.5) is 5.69 Å². The molecular formula is C23H27NO4. The molecule has 1 amide bonds. The number of aromatic carboxylic acids is 1. The molecule has 5 nitrogen and oxygen atoms in total. The number of anilines is 1. The fraction of sp³-hybridized carbons (Fsp3) is 0.391. The number of nitrogens with one attached hydrogen (secondary N) is 1. The van der Waals surface area contributed by atoms with Crippen molar-refractivity contribution in [2.75, 3.05) is 5.32 Å². The summed E-state index contributed by atoms with van der Waals surface area (Å²) in [5, 5.41) is 22.2. The molecule has 0 bridgehead atoms. The molecule has 1 atom stereocenters. The number of hydrogen-bond donors (Lipinski definition) is 3. The van der Waals surface area contributed by atoms with Crippen molar-refractivity contribution in [1.82, 2.24) is 0 Å². The minimum absolute atomic E-state index is 0.0102. The van der Waals surface area contributed by atoms with E-state index < -0.39 is 18.0 Å². The molecule has 0 fully saturated rings. The summed E-state index contributed by atoms with van der Waals surface area (Å²) in [6, 6.07) is 11.6. The molecule has 0 radical (unpaired) electrons. The Kier molecular flexibility index (Phi) is 5.06. The summed E-state index contributed by atoms with van der Waals surface area (Å²) in [4.78, 5) is 23.4. The Balaban J connectivity index is 1.83. The van der Waals surface area contributed by atoms with Gasteiger partial charge < -0.3 is 15.5 Å². The largest absolute Gasteiger partial charge is 0.478 e. The smallest absolute Gasteiger partial charge is 0.335 e. The number of carboxylic acids is 1. The molecule has 1 unspecified atom stereocenters. The van der Waals surface area contributed by atoms with E-state index in [1.165, 1.54) is 35.4 Å². The van der Waals surface area contributed by atoms with Crippen LogP contribution in [0.5, 0.6) is 0 Å². The maximum absolute atomic E-state index is 12.5. The summed E-state index contributed by atoms with van der Waals surface area (Å²) in [7, 11) is 0. The Bertz CT molecular complexity index is 913. The first-order valence-corrected chi connectivity index (χ1v) is 9.48. The van der Waals surface area contributed by atoms with E-state index in [1.54, 1.807) is 0 Å². The van der Waals surface area contributed by atoms with Crippen molar-refractivity contribution in [3.8, 4) is 0 Å². The number of carbonyl (C=O) groups excluding carboxylic acids is 1. The highest BCUT2D eigenvalue weighted by Gasteiger charge is 2.37. The van der Waals surface area contributed by atoms with Gasteiger partial charge in [-0.25, -0.2) is 4.79 Å². The second-order valence-corrected chi connectivity index (χ2v) is 8.85. The average molecular weight is 381 g/mol. The lowest BCUT2D eigenvalue weighted by Gasteiger charge is -2.42. The molecule has 0 heterocycles. The Labute approximate surface area is 165 Å². The van der Waals surface area contributed by atoms with Crippen molar-refractivity contribution >= 4 is 17.6 Å². The van der Waals surface area contributed by atoms with Crippen LogP contribution in [-0.2, 0) is 15.6 Å². The first-order valence-electron chi connectivity index (χ1n) is 9.48. The Morgan fingerprint density at radius 2 is 1.50 bits per heavy atom. The summed E-state index contributed by atoms with van der Waals surface area (Å²) in [5.74, 6) is -1.58. The lowest BCUT2D eigenvalue weighted by atomic mass is 9.63. The van der Waals surface area contributed by atoms with Gasteiger partial charge in [-0.3, -0.25) is 4.79 Å². The van der Waals surface area contributed by atoms with Crippen LogP contribution < -0.4 is 5.32 Å². The van der Waals surface area contributed by atoms with E-state index in [-0.39, 0.29) is 16.4 Å². The van der Waals surface area contributed by atoms with Crippen LogP contribution in [0.25, 0.3) is 0 Å². The third kappa shape index (κ3) is 3.80. The third-order valence-electron chi connectivity index (χ3n) is 5.84. The maximum Gasteiger partial charge on any atom is 0.335 e. The van der Waals surface area contributed by atoms with Gasteiger partial charge in [0, 0.05) is 5.69 Å². The quantitative estimate of drug-likeness (QED) is 0.732. The van der Waals surface area contributed by atoms with Crippen molar-refractivity contribution in [2.45, 2.75) is 57.5 Å². The highest BCUT2D eigenvalue weighted by atomic mass is 16.4. The number of rotatable bonds is 4. The number of carboxylic acid groups (broad SMARTS) is 1. The van der Waals surface area contributed by atoms with Gasteiger partial charge in [-0.15, -0.1) is 0 Å². The SMILES string of the molecule is CC1(C)CCC(C)(C)c2cc(C(O)C(=O)Nc3ccc(C(=O)O)cc3)ccc21. The van der Waals surface area contributed by atoms with Gasteiger partial charge >= 0.3 is 5.97 Å². The lowest BCUT2D eigenvalue weighted by Crippen LogP contribution is -2.34. The predicted octanol–water partition coefficient (Wildman–Crippen LogP) is 4.41. The van der Waals surface area contributed by atoms with Gasteiger partial charge in [0.25, 0.3) is 5.91 Å². The zero-order valence-corrected chi connectivity index (χ0v) is 16.7. The molecule has 2 aromatic rings. The first kappa shape index (κ1) is 20.1. The molecule has 5 heteroatoms. The first-order chi connectivity index (χ1) is 13.0.